The van der Waals surface area contributed by atoms with Gasteiger partial charge in [-0.3, -0.25) is 0 Å². The fourth-order valence-corrected chi connectivity index (χ4v) is 5.19. The standard InChI is InChI=1S/C23H34O4.CH4O/c1-2-3-4-7-19(24)12-11-16-9-10-18-14-21-17(13-20(16)18)6-5-8-22(21)27-15-23(25)26;1-2/h5-6,8,16,18-20,24H,2-4,7,9-15H2,1H3,(H,25,26);2H,1H3. The highest BCUT2D eigenvalue weighted by molar-refractivity contribution is 5.68. The SMILES string of the molecule is CCCCCC(O)CCC1CCC2Cc3c(cccc3OCC(=O)O)CC12.CO. The summed E-state index contributed by atoms with van der Waals surface area (Å²) in [6.45, 7) is 1.92. The number of rotatable bonds is 10. The van der Waals surface area contributed by atoms with Crippen molar-refractivity contribution in [1.29, 1.82) is 0 Å². The number of carboxylic acid groups (broad SMARTS) is 1. The molecule has 1 saturated carbocycles. The van der Waals surface area contributed by atoms with Crippen LogP contribution in [-0.2, 0) is 17.6 Å². The maximum Gasteiger partial charge on any atom is 0.341 e. The number of carbonyl (C=O) groups is 1. The predicted molar refractivity (Wildman–Crippen MR) is 114 cm³/mol. The molecule has 1 fully saturated rings. The van der Waals surface area contributed by atoms with Gasteiger partial charge in [-0.05, 0) is 79.9 Å². The van der Waals surface area contributed by atoms with Crippen LogP contribution in [0, 0.1) is 17.8 Å². The quantitative estimate of drug-likeness (QED) is 0.507. The summed E-state index contributed by atoms with van der Waals surface area (Å²) in [4.78, 5) is 10.8. The summed E-state index contributed by atoms with van der Waals surface area (Å²) in [6.07, 6.45) is 11.0. The Balaban J connectivity index is 0.00000145. The summed E-state index contributed by atoms with van der Waals surface area (Å²) in [6, 6.07) is 6.06. The van der Waals surface area contributed by atoms with E-state index in [-0.39, 0.29) is 12.7 Å². The van der Waals surface area contributed by atoms with Gasteiger partial charge in [0.2, 0.25) is 0 Å². The molecule has 4 unspecified atom stereocenters. The van der Waals surface area contributed by atoms with Gasteiger partial charge in [-0.1, -0.05) is 38.3 Å². The second-order valence-corrected chi connectivity index (χ2v) is 8.47. The van der Waals surface area contributed by atoms with Crippen molar-refractivity contribution in [2.45, 2.75) is 77.2 Å². The van der Waals surface area contributed by atoms with Gasteiger partial charge >= 0.3 is 5.97 Å². The van der Waals surface area contributed by atoms with Crippen LogP contribution in [0.4, 0.5) is 0 Å². The van der Waals surface area contributed by atoms with Crippen LogP contribution < -0.4 is 4.74 Å². The van der Waals surface area contributed by atoms with Gasteiger partial charge in [-0.15, -0.1) is 0 Å². The molecule has 4 atom stereocenters. The minimum atomic E-state index is -0.931. The maximum atomic E-state index is 10.8. The zero-order valence-electron chi connectivity index (χ0n) is 18.0. The largest absolute Gasteiger partial charge is 0.482 e. The number of ether oxygens (including phenoxy) is 1. The number of aliphatic hydroxyl groups excluding tert-OH is 2. The monoisotopic (exact) mass is 406 g/mol. The summed E-state index contributed by atoms with van der Waals surface area (Å²) in [7, 11) is 1.00. The third kappa shape index (κ3) is 6.71. The van der Waals surface area contributed by atoms with Crippen molar-refractivity contribution >= 4 is 5.97 Å². The van der Waals surface area contributed by atoms with Crippen LogP contribution in [0.2, 0.25) is 0 Å². The van der Waals surface area contributed by atoms with E-state index >= 15 is 0 Å². The van der Waals surface area contributed by atoms with E-state index in [1.807, 2.05) is 12.1 Å². The molecule has 0 amide bonds. The normalized spacial score (nSPS) is 23.4. The van der Waals surface area contributed by atoms with Crippen LogP contribution >= 0.6 is 0 Å². The van der Waals surface area contributed by atoms with Crippen molar-refractivity contribution in [3.63, 3.8) is 0 Å². The smallest absolute Gasteiger partial charge is 0.341 e. The molecule has 0 bridgehead atoms. The highest BCUT2D eigenvalue weighted by Crippen LogP contribution is 2.48. The van der Waals surface area contributed by atoms with Crippen LogP contribution in [0.3, 0.4) is 0 Å². The summed E-state index contributed by atoms with van der Waals surface area (Å²) in [5, 5.41) is 26.2. The van der Waals surface area contributed by atoms with Crippen molar-refractivity contribution in [2.24, 2.45) is 17.8 Å². The number of hydrogen-bond acceptors (Lipinski definition) is 4. The van der Waals surface area contributed by atoms with E-state index in [1.54, 1.807) is 0 Å². The van der Waals surface area contributed by atoms with E-state index in [2.05, 4.69) is 13.0 Å². The molecule has 29 heavy (non-hydrogen) atoms. The lowest BCUT2D eigenvalue weighted by molar-refractivity contribution is -0.139. The Morgan fingerprint density at radius 2 is 1.97 bits per heavy atom. The third-order valence-corrected chi connectivity index (χ3v) is 6.63. The second kappa shape index (κ2) is 12.2. The van der Waals surface area contributed by atoms with Crippen LogP contribution in [0.15, 0.2) is 18.2 Å². The highest BCUT2D eigenvalue weighted by Gasteiger charge is 2.39. The van der Waals surface area contributed by atoms with Crippen molar-refractivity contribution in [3.05, 3.63) is 29.3 Å². The summed E-state index contributed by atoms with van der Waals surface area (Å²) in [5.41, 5.74) is 2.55. The highest BCUT2D eigenvalue weighted by atomic mass is 16.5. The minimum absolute atomic E-state index is 0.137. The molecule has 0 heterocycles. The molecule has 2 aliphatic carbocycles. The second-order valence-electron chi connectivity index (χ2n) is 8.47. The Morgan fingerprint density at radius 3 is 2.69 bits per heavy atom. The molecule has 164 valence electrons. The average Bonchev–Trinajstić information content (AvgIpc) is 3.12. The first kappa shape index (κ1) is 23.7. The molecule has 0 spiro atoms. The number of carboxylic acids is 1. The number of unbranched alkanes of at least 4 members (excludes halogenated alkanes) is 2. The lowest BCUT2D eigenvalue weighted by atomic mass is 9.73. The van der Waals surface area contributed by atoms with E-state index in [0.29, 0.717) is 17.8 Å². The molecule has 5 nitrogen and oxygen atoms in total. The lowest BCUT2D eigenvalue weighted by Gasteiger charge is -2.32. The molecule has 0 radical (unpaired) electrons. The molecule has 5 heteroatoms. The number of aliphatic carboxylic acids is 1. The fourth-order valence-electron chi connectivity index (χ4n) is 5.19. The fraction of sp³-hybridized carbons (Fsp3) is 0.708. The Morgan fingerprint density at radius 1 is 1.17 bits per heavy atom. The third-order valence-electron chi connectivity index (χ3n) is 6.63. The Bertz CT molecular complexity index is 630. The van der Waals surface area contributed by atoms with E-state index in [4.69, 9.17) is 14.9 Å². The number of fused-ring (bicyclic) bond motifs is 2. The van der Waals surface area contributed by atoms with Gasteiger partial charge in [-0.25, -0.2) is 4.79 Å². The molecular formula is C24H38O5. The summed E-state index contributed by atoms with van der Waals surface area (Å²) >= 11 is 0. The van der Waals surface area contributed by atoms with E-state index < -0.39 is 5.97 Å². The maximum absolute atomic E-state index is 10.8. The molecular weight excluding hydrogens is 368 g/mol. The Hall–Kier alpha value is -1.59. The number of benzene rings is 1. The average molecular weight is 407 g/mol. The van der Waals surface area contributed by atoms with Gasteiger partial charge in [0.1, 0.15) is 5.75 Å². The molecule has 0 aliphatic heterocycles. The van der Waals surface area contributed by atoms with Gasteiger partial charge < -0.3 is 20.1 Å². The lowest BCUT2D eigenvalue weighted by Crippen LogP contribution is -2.26. The van der Waals surface area contributed by atoms with Gasteiger partial charge in [-0.2, -0.15) is 0 Å². The Kier molecular flexibility index (Phi) is 9.95. The molecule has 0 aromatic heterocycles. The molecule has 2 aliphatic rings. The molecule has 3 rings (SSSR count). The summed E-state index contributed by atoms with van der Waals surface area (Å²) < 4.78 is 5.53. The molecule has 1 aromatic rings. The van der Waals surface area contributed by atoms with Crippen molar-refractivity contribution in [3.8, 4) is 5.75 Å². The van der Waals surface area contributed by atoms with E-state index in [0.717, 1.165) is 51.4 Å². The van der Waals surface area contributed by atoms with Crippen LogP contribution in [0.1, 0.15) is 69.4 Å². The predicted octanol–water partition coefficient (Wildman–Crippen LogP) is 4.22. The van der Waals surface area contributed by atoms with Gasteiger partial charge in [0.25, 0.3) is 0 Å². The first-order valence-electron chi connectivity index (χ1n) is 11.2. The topological polar surface area (TPSA) is 87.0 Å². The zero-order chi connectivity index (χ0) is 21.2. The van der Waals surface area contributed by atoms with Crippen molar-refractivity contribution < 1.29 is 24.9 Å². The van der Waals surface area contributed by atoms with Crippen molar-refractivity contribution in [1.82, 2.24) is 0 Å². The molecule has 1 aromatic carbocycles. The first-order valence-corrected chi connectivity index (χ1v) is 11.2. The number of hydrogen-bond donors (Lipinski definition) is 3. The van der Waals surface area contributed by atoms with Gasteiger partial charge in [0.15, 0.2) is 6.61 Å². The van der Waals surface area contributed by atoms with E-state index in [9.17, 15) is 9.90 Å². The minimum Gasteiger partial charge on any atom is -0.482 e. The molecule has 0 saturated heterocycles. The zero-order valence-corrected chi connectivity index (χ0v) is 18.0. The van der Waals surface area contributed by atoms with Crippen LogP contribution in [0.25, 0.3) is 0 Å². The Labute approximate surface area is 175 Å². The first-order chi connectivity index (χ1) is 14.1. The van der Waals surface area contributed by atoms with Gasteiger partial charge in [0, 0.05) is 7.11 Å². The molecule has 3 N–H and O–H groups in total. The van der Waals surface area contributed by atoms with Crippen LogP contribution in [0.5, 0.6) is 5.75 Å². The van der Waals surface area contributed by atoms with Crippen molar-refractivity contribution in [2.75, 3.05) is 13.7 Å². The van der Waals surface area contributed by atoms with Gasteiger partial charge in [0.05, 0.1) is 6.10 Å². The number of aliphatic hydroxyl groups is 2. The van der Waals surface area contributed by atoms with Crippen LogP contribution in [-0.4, -0.2) is 41.1 Å². The summed E-state index contributed by atoms with van der Waals surface area (Å²) in [5.74, 6) is 1.92. The van der Waals surface area contributed by atoms with E-state index in [1.165, 1.54) is 36.8 Å².